The Bertz CT molecular complexity index is 1200. The molecule has 34 heavy (non-hydrogen) atoms. The zero-order chi connectivity index (χ0) is 24.7. The number of H-pyrrole nitrogens is 1. The molecule has 0 aliphatic carbocycles. The summed E-state index contributed by atoms with van der Waals surface area (Å²) in [6.07, 6.45) is 1.82. The van der Waals surface area contributed by atoms with E-state index in [2.05, 4.69) is 20.0 Å². The molecule has 180 valence electrons. The van der Waals surface area contributed by atoms with Crippen molar-refractivity contribution in [1.82, 2.24) is 10.3 Å². The average Bonchev–Trinajstić information content (AvgIpc) is 3.24. The van der Waals surface area contributed by atoms with Crippen molar-refractivity contribution in [3.8, 4) is 11.5 Å². The van der Waals surface area contributed by atoms with Gasteiger partial charge in [0.25, 0.3) is 5.91 Å². The van der Waals surface area contributed by atoms with E-state index in [0.29, 0.717) is 11.3 Å². The lowest BCUT2D eigenvalue weighted by atomic mass is 10.0. The molecular formula is C22H22ClN3O8. The number of nitrogens with one attached hydrogen (secondary N) is 2. The van der Waals surface area contributed by atoms with E-state index in [1.807, 2.05) is 0 Å². The van der Waals surface area contributed by atoms with Gasteiger partial charge in [-0.3, -0.25) is 4.79 Å². The maximum Gasteiger partial charge on any atom is 0.343 e. The number of carbonyl (C=O) groups excluding carboxylic acids is 3. The van der Waals surface area contributed by atoms with E-state index in [-0.39, 0.29) is 29.4 Å². The maximum absolute atomic E-state index is 12.8. The quantitative estimate of drug-likeness (QED) is 0.220. The van der Waals surface area contributed by atoms with Crippen molar-refractivity contribution in [2.24, 2.45) is 5.90 Å². The molecule has 0 spiro atoms. The first-order valence-electron chi connectivity index (χ1n) is 9.87. The lowest BCUT2D eigenvalue weighted by Gasteiger charge is -2.17. The Hall–Kier alpha value is -3.80. The van der Waals surface area contributed by atoms with Crippen LogP contribution in [0.25, 0.3) is 10.9 Å². The summed E-state index contributed by atoms with van der Waals surface area (Å²) >= 11 is 5.96. The minimum atomic E-state index is -1.01. The predicted molar refractivity (Wildman–Crippen MR) is 120 cm³/mol. The number of halogens is 1. The molecule has 0 fully saturated rings. The number of hydrogen-bond acceptors (Lipinski definition) is 9. The van der Waals surface area contributed by atoms with Crippen LogP contribution in [-0.4, -0.2) is 49.7 Å². The highest BCUT2D eigenvalue weighted by Gasteiger charge is 2.24. The zero-order valence-electron chi connectivity index (χ0n) is 18.3. The Morgan fingerprint density at radius 1 is 1.12 bits per heavy atom. The topological polar surface area (TPSA) is 151 Å². The van der Waals surface area contributed by atoms with Crippen molar-refractivity contribution >= 4 is 40.3 Å². The molecule has 0 aliphatic rings. The van der Waals surface area contributed by atoms with Gasteiger partial charge in [0, 0.05) is 29.1 Å². The van der Waals surface area contributed by atoms with Gasteiger partial charge in [-0.1, -0.05) is 16.6 Å². The third-order valence-electron chi connectivity index (χ3n) is 4.87. The largest absolute Gasteiger partial charge is 0.482 e. The van der Waals surface area contributed by atoms with Crippen molar-refractivity contribution < 1.29 is 38.5 Å². The summed E-state index contributed by atoms with van der Waals surface area (Å²) in [5.74, 6) is 3.63. The average molecular weight is 492 g/mol. The molecule has 1 heterocycles. The van der Waals surface area contributed by atoms with Gasteiger partial charge < -0.3 is 29.4 Å². The molecule has 2 aromatic carbocycles. The van der Waals surface area contributed by atoms with Crippen LogP contribution in [0, 0.1) is 0 Å². The van der Waals surface area contributed by atoms with E-state index in [1.165, 1.54) is 32.4 Å². The van der Waals surface area contributed by atoms with Crippen LogP contribution in [0.1, 0.15) is 15.9 Å². The van der Waals surface area contributed by atoms with Crippen LogP contribution >= 0.6 is 11.6 Å². The van der Waals surface area contributed by atoms with Gasteiger partial charge in [0.05, 0.1) is 19.2 Å². The number of benzene rings is 2. The molecule has 0 saturated heterocycles. The third kappa shape index (κ3) is 5.95. The second-order valence-electron chi connectivity index (χ2n) is 6.96. The predicted octanol–water partition coefficient (Wildman–Crippen LogP) is 2.07. The van der Waals surface area contributed by atoms with Gasteiger partial charge in [-0.2, -0.15) is 5.90 Å². The van der Waals surface area contributed by atoms with Crippen molar-refractivity contribution in [1.29, 1.82) is 0 Å². The second-order valence-corrected chi connectivity index (χ2v) is 7.37. The molecule has 0 bridgehead atoms. The monoisotopic (exact) mass is 491 g/mol. The highest BCUT2D eigenvalue weighted by Crippen LogP contribution is 2.27. The van der Waals surface area contributed by atoms with E-state index in [9.17, 15) is 14.4 Å². The standard InChI is InChI=1S/C22H22ClN3O8/c1-30-20(27)11-32-14-4-6-17-15(9-14)13(10-25-17)7-18(22(29)31-2)26-21(28)12-3-5-16(23)19(8-12)33-34-24/h3-6,8-10,18,25H,7,11,24H2,1-2H3,(H,26,28). The van der Waals surface area contributed by atoms with Gasteiger partial charge in [-0.25, -0.2) is 9.59 Å². The van der Waals surface area contributed by atoms with Crippen LogP contribution in [0.15, 0.2) is 42.6 Å². The highest BCUT2D eigenvalue weighted by atomic mass is 35.5. The Morgan fingerprint density at radius 3 is 2.62 bits per heavy atom. The fourth-order valence-electron chi connectivity index (χ4n) is 3.17. The van der Waals surface area contributed by atoms with Crippen molar-refractivity contribution in [3.63, 3.8) is 0 Å². The van der Waals surface area contributed by atoms with Crippen LogP contribution in [-0.2, 0) is 30.5 Å². The molecule has 3 aromatic rings. The number of nitrogens with two attached hydrogens (primary N) is 1. The van der Waals surface area contributed by atoms with Crippen LogP contribution in [0.5, 0.6) is 11.5 Å². The number of ether oxygens (including phenoxy) is 3. The minimum absolute atomic E-state index is 0.0301. The molecule has 1 aromatic heterocycles. The summed E-state index contributed by atoms with van der Waals surface area (Å²) in [5, 5.41) is 3.57. The van der Waals surface area contributed by atoms with E-state index >= 15 is 0 Å². The third-order valence-corrected chi connectivity index (χ3v) is 5.18. The molecule has 0 aliphatic heterocycles. The van der Waals surface area contributed by atoms with Crippen LogP contribution < -0.4 is 20.8 Å². The first-order valence-corrected chi connectivity index (χ1v) is 10.2. The lowest BCUT2D eigenvalue weighted by molar-refractivity contribution is -0.211. The summed E-state index contributed by atoms with van der Waals surface area (Å²) in [5.41, 5.74) is 1.64. The molecule has 11 nitrogen and oxygen atoms in total. The van der Waals surface area contributed by atoms with E-state index in [1.54, 1.807) is 24.4 Å². The van der Waals surface area contributed by atoms with Gasteiger partial charge in [-0.05, 0) is 42.0 Å². The van der Waals surface area contributed by atoms with Crippen molar-refractivity contribution in [2.75, 3.05) is 20.8 Å². The van der Waals surface area contributed by atoms with Gasteiger partial charge in [0.15, 0.2) is 12.4 Å². The van der Waals surface area contributed by atoms with Crippen LogP contribution in [0.4, 0.5) is 0 Å². The summed E-state index contributed by atoms with van der Waals surface area (Å²) < 4.78 is 14.9. The normalized spacial score (nSPS) is 11.5. The Kier molecular flexibility index (Phi) is 8.30. The number of fused-ring (bicyclic) bond motifs is 1. The van der Waals surface area contributed by atoms with Gasteiger partial charge in [0.1, 0.15) is 11.8 Å². The number of methoxy groups -OCH3 is 2. The van der Waals surface area contributed by atoms with Crippen molar-refractivity contribution in [3.05, 3.63) is 58.7 Å². The van der Waals surface area contributed by atoms with Gasteiger partial charge >= 0.3 is 11.9 Å². The first-order chi connectivity index (χ1) is 16.4. The molecule has 1 amide bonds. The minimum Gasteiger partial charge on any atom is -0.482 e. The molecule has 1 unspecified atom stereocenters. The van der Waals surface area contributed by atoms with E-state index in [4.69, 9.17) is 31.9 Å². The molecule has 3 rings (SSSR count). The summed E-state index contributed by atoms with van der Waals surface area (Å²) in [7, 11) is 2.49. The molecule has 1 atom stereocenters. The molecule has 4 N–H and O–H groups in total. The van der Waals surface area contributed by atoms with Crippen molar-refractivity contribution in [2.45, 2.75) is 12.5 Å². The number of hydrogen-bond donors (Lipinski definition) is 3. The molecule has 0 saturated carbocycles. The fourth-order valence-corrected chi connectivity index (χ4v) is 3.32. The zero-order valence-corrected chi connectivity index (χ0v) is 19.0. The second kappa shape index (κ2) is 11.4. The Morgan fingerprint density at radius 2 is 1.91 bits per heavy atom. The van der Waals surface area contributed by atoms with Crippen LogP contribution in [0.2, 0.25) is 5.02 Å². The Labute approximate surface area is 198 Å². The van der Waals surface area contributed by atoms with Crippen LogP contribution in [0.3, 0.4) is 0 Å². The highest BCUT2D eigenvalue weighted by molar-refractivity contribution is 6.32. The molecule has 0 radical (unpaired) electrons. The SMILES string of the molecule is COC(=O)COc1ccc2[nH]cc(CC(NC(=O)c3ccc(Cl)c(OON)c3)C(=O)OC)c2c1. The number of esters is 2. The number of amides is 1. The summed E-state index contributed by atoms with van der Waals surface area (Å²) in [4.78, 5) is 48.5. The smallest absolute Gasteiger partial charge is 0.343 e. The number of aromatic amines is 1. The Balaban J connectivity index is 1.81. The number of rotatable bonds is 10. The van der Waals surface area contributed by atoms with E-state index < -0.39 is 23.9 Å². The lowest BCUT2D eigenvalue weighted by Crippen LogP contribution is -2.43. The summed E-state index contributed by atoms with van der Waals surface area (Å²) in [6, 6.07) is 8.36. The van der Waals surface area contributed by atoms with Gasteiger partial charge in [-0.15, -0.1) is 0 Å². The molecular weight excluding hydrogens is 470 g/mol. The molecule has 12 heteroatoms. The number of carbonyl (C=O) groups is 3. The fraction of sp³-hybridized carbons (Fsp3) is 0.227. The van der Waals surface area contributed by atoms with E-state index in [0.717, 1.165) is 10.9 Å². The first kappa shape index (κ1) is 24.8. The maximum atomic E-state index is 12.8. The van der Waals surface area contributed by atoms with Gasteiger partial charge in [0.2, 0.25) is 0 Å². The summed E-state index contributed by atoms with van der Waals surface area (Å²) in [6.45, 7) is -0.245. The number of aromatic nitrogens is 1.